The van der Waals surface area contributed by atoms with Crippen LogP contribution in [0.5, 0.6) is 11.5 Å². The molecule has 3 heterocycles. The molecule has 2 aromatic heterocycles. The van der Waals surface area contributed by atoms with Crippen molar-refractivity contribution >= 4 is 11.9 Å². The molecule has 1 aliphatic heterocycles. The molecule has 0 radical (unpaired) electrons. The van der Waals surface area contributed by atoms with Gasteiger partial charge in [-0.1, -0.05) is 5.16 Å². The van der Waals surface area contributed by atoms with E-state index in [-0.39, 0.29) is 17.2 Å². The topological polar surface area (TPSA) is 114 Å². The highest BCUT2D eigenvalue weighted by Crippen LogP contribution is 2.36. The van der Waals surface area contributed by atoms with Crippen LogP contribution >= 0.6 is 0 Å². The first kappa shape index (κ1) is 21.6. The van der Waals surface area contributed by atoms with E-state index in [1.165, 1.54) is 7.11 Å². The van der Waals surface area contributed by atoms with Crippen molar-refractivity contribution < 1.29 is 23.9 Å². The van der Waals surface area contributed by atoms with Gasteiger partial charge in [-0.3, -0.25) is 4.79 Å². The first-order chi connectivity index (χ1) is 15.5. The van der Waals surface area contributed by atoms with E-state index in [0.29, 0.717) is 54.9 Å². The average molecular weight is 439 g/mol. The van der Waals surface area contributed by atoms with E-state index in [1.54, 1.807) is 55.6 Å². The number of piperazine rings is 1. The van der Waals surface area contributed by atoms with Crippen molar-refractivity contribution in [2.75, 3.05) is 45.3 Å². The highest BCUT2D eigenvalue weighted by molar-refractivity contribution is 6.01. The molecule has 168 valence electrons. The van der Waals surface area contributed by atoms with Gasteiger partial charge in [0.05, 0.1) is 14.2 Å². The van der Waals surface area contributed by atoms with Crippen LogP contribution < -0.4 is 14.4 Å². The van der Waals surface area contributed by atoms with Gasteiger partial charge in [0.25, 0.3) is 5.91 Å². The Labute approximate surface area is 185 Å². The molecule has 1 amide bonds. The SMILES string of the molecule is COc1ccc(-c2noc([C@H](C)O)c2C(=O)N2CCN(c3ncccn3)CC2)cc1OC. The molecule has 0 saturated carbocycles. The maximum atomic E-state index is 13.5. The Hall–Kier alpha value is -3.66. The van der Waals surface area contributed by atoms with Crippen molar-refractivity contribution in [1.82, 2.24) is 20.0 Å². The number of ether oxygens (including phenoxy) is 2. The molecule has 0 unspecified atom stereocenters. The van der Waals surface area contributed by atoms with Crippen LogP contribution in [0.2, 0.25) is 0 Å². The molecule has 1 aromatic carbocycles. The highest BCUT2D eigenvalue weighted by atomic mass is 16.5. The van der Waals surface area contributed by atoms with Gasteiger partial charge in [-0.15, -0.1) is 0 Å². The lowest BCUT2D eigenvalue weighted by atomic mass is 10.0. The van der Waals surface area contributed by atoms with Gasteiger partial charge in [-0.2, -0.15) is 0 Å². The molecule has 1 N–H and O–H groups in total. The Kier molecular flexibility index (Phi) is 6.22. The number of nitrogens with zero attached hydrogens (tertiary/aromatic N) is 5. The lowest BCUT2D eigenvalue weighted by Crippen LogP contribution is -2.49. The van der Waals surface area contributed by atoms with Crippen molar-refractivity contribution in [2.45, 2.75) is 13.0 Å². The van der Waals surface area contributed by atoms with Gasteiger partial charge in [0.1, 0.15) is 17.4 Å². The summed E-state index contributed by atoms with van der Waals surface area (Å²) < 4.78 is 16.1. The number of methoxy groups -OCH3 is 2. The Morgan fingerprint density at radius 2 is 1.78 bits per heavy atom. The first-order valence-electron chi connectivity index (χ1n) is 10.2. The summed E-state index contributed by atoms with van der Waals surface area (Å²) in [5.41, 5.74) is 1.22. The number of amides is 1. The number of hydrogen-bond donors (Lipinski definition) is 1. The van der Waals surface area contributed by atoms with Gasteiger partial charge in [0, 0.05) is 44.1 Å². The standard InChI is InChI=1S/C22H25N5O5/c1-14(28)20-18(19(25-32-20)15-5-6-16(30-2)17(13-15)31-3)21(29)26-9-11-27(12-10-26)22-23-7-4-8-24-22/h4-8,13-14,28H,9-12H2,1-3H3/t14-/m0/s1. The number of rotatable bonds is 6. The minimum atomic E-state index is -0.991. The second kappa shape index (κ2) is 9.23. The van der Waals surface area contributed by atoms with Crippen LogP contribution in [0.15, 0.2) is 41.2 Å². The van der Waals surface area contributed by atoms with Gasteiger partial charge < -0.3 is 28.9 Å². The van der Waals surface area contributed by atoms with Crippen LogP contribution in [0.4, 0.5) is 5.95 Å². The number of anilines is 1. The summed E-state index contributed by atoms with van der Waals surface area (Å²) in [4.78, 5) is 25.8. The monoisotopic (exact) mass is 439 g/mol. The fraction of sp³-hybridized carbons (Fsp3) is 0.364. The fourth-order valence-electron chi connectivity index (χ4n) is 3.70. The van der Waals surface area contributed by atoms with E-state index in [9.17, 15) is 9.90 Å². The molecule has 1 fully saturated rings. The van der Waals surface area contributed by atoms with Gasteiger partial charge in [-0.05, 0) is 31.2 Å². The van der Waals surface area contributed by atoms with E-state index < -0.39 is 6.10 Å². The smallest absolute Gasteiger partial charge is 0.259 e. The zero-order chi connectivity index (χ0) is 22.7. The Bertz CT molecular complexity index is 1080. The van der Waals surface area contributed by atoms with E-state index in [0.717, 1.165) is 0 Å². The third-order valence-corrected chi connectivity index (χ3v) is 5.37. The zero-order valence-corrected chi connectivity index (χ0v) is 18.2. The van der Waals surface area contributed by atoms with Crippen LogP contribution in [0.1, 0.15) is 29.1 Å². The predicted molar refractivity (Wildman–Crippen MR) is 116 cm³/mol. The second-order valence-corrected chi connectivity index (χ2v) is 7.34. The van der Waals surface area contributed by atoms with Gasteiger partial charge >= 0.3 is 0 Å². The Morgan fingerprint density at radius 1 is 1.09 bits per heavy atom. The quantitative estimate of drug-likeness (QED) is 0.617. The Morgan fingerprint density at radius 3 is 2.41 bits per heavy atom. The molecular formula is C22H25N5O5. The second-order valence-electron chi connectivity index (χ2n) is 7.34. The van der Waals surface area contributed by atoms with Crippen LogP contribution in [0, 0.1) is 0 Å². The Balaban J connectivity index is 1.62. The summed E-state index contributed by atoms with van der Waals surface area (Å²) in [7, 11) is 3.09. The van der Waals surface area contributed by atoms with Gasteiger partial charge in [-0.25, -0.2) is 9.97 Å². The summed E-state index contributed by atoms with van der Waals surface area (Å²) >= 11 is 0. The van der Waals surface area contributed by atoms with Crippen molar-refractivity contribution in [3.63, 3.8) is 0 Å². The van der Waals surface area contributed by atoms with E-state index in [1.807, 2.05) is 4.90 Å². The molecule has 1 aliphatic rings. The number of aliphatic hydroxyl groups is 1. The highest BCUT2D eigenvalue weighted by Gasteiger charge is 2.32. The van der Waals surface area contributed by atoms with Crippen LogP contribution in [0.3, 0.4) is 0 Å². The molecule has 1 atom stereocenters. The molecule has 10 heteroatoms. The molecule has 4 rings (SSSR count). The third-order valence-electron chi connectivity index (χ3n) is 5.37. The van der Waals surface area contributed by atoms with E-state index >= 15 is 0 Å². The molecule has 32 heavy (non-hydrogen) atoms. The largest absolute Gasteiger partial charge is 0.493 e. The number of carbonyl (C=O) groups excluding carboxylic acids is 1. The van der Waals surface area contributed by atoms with Crippen LogP contribution in [-0.4, -0.2) is 71.4 Å². The van der Waals surface area contributed by atoms with Crippen molar-refractivity contribution in [3.05, 3.63) is 48.0 Å². The van der Waals surface area contributed by atoms with E-state index in [4.69, 9.17) is 14.0 Å². The average Bonchev–Trinajstić information content (AvgIpc) is 3.29. The van der Waals surface area contributed by atoms with Gasteiger partial charge in [0.2, 0.25) is 5.95 Å². The maximum Gasteiger partial charge on any atom is 0.259 e. The first-order valence-corrected chi connectivity index (χ1v) is 10.2. The van der Waals surface area contributed by atoms with Crippen molar-refractivity contribution in [3.8, 4) is 22.8 Å². The molecule has 0 aliphatic carbocycles. The lowest BCUT2D eigenvalue weighted by molar-refractivity contribution is 0.0735. The fourth-order valence-corrected chi connectivity index (χ4v) is 3.70. The minimum Gasteiger partial charge on any atom is -0.493 e. The molecule has 1 saturated heterocycles. The molecule has 3 aromatic rings. The normalized spacial score (nSPS) is 14.9. The van der Waals surface area contributed by atoms with Gasteiger partial charge in [0.15, 0.2) is 17.3 Å². The maximum absolute atomic E-state index is 13.5. The van der Waals surface area contributed by atoms with E-state index in [2.05, 4.69) is 15.1 Å². The number of aromatic nitrogens is 3. The van der Waals surface area contributed by atoms with Crippen LogP contribution in [-0.2, 0) is 0 Å². The number of carbonyl (C=O) groups is 1. The molecule has 0 spiro atoms. The van der Waals surface area contributed by atoms with Crippen molar-refractivity contribution in [2.24, 2.45) is 0 Å². The summed E-state index contributed by atoms with van der Waals surface area (Å²) in [6.07, 6.45) is 2.40. The third kappa shape index (κ3) is 4.09. The van der Waals surface area contributed by atoms with Crippen molar-refractivity contribution in [1.29, 1.82) is 0 Å². The summed E-state index contributed by atoms with van der Waals surface area (Å²) in [5, 5.41) is 14.3. The molecular weight excluding hydrogens is 414 g/mol. The molecule has 0 bridgehead atoms. The summed E-state index contributed by atoms with van der Waals surface area (Å²) in [6, 6.07) is 7.00. The minimum absolute atomic E-state index is 0.133. The number of hydrogen-bond acceptors (Lipinski definition) is 9. The van der Waals surface area contributed by atoms with Crippen LogP contribution in [0.25, 0.3) is 11.3 Å². The molecule has 10 nitrogen and oxygen atoms in total. The summed E-state index contributed by atoms with van der Waals surface area (Å²) in [6.45, 7) is 3.69. The predicted octanol–water partition coefficient (Wildman–Crippen LogP) is 2.16. The lowest BCUT2D eigenvalue weighted by Gasteiger charge is -2.34. The number of benzene rings is 1. The number of aliphatic hydroxyl groups excluding tert-OH is 1. The zero-order valence-electron chi connectivity index (χ0n) is 18.2. The summed E-state index contributed by atoms with van der Waals surface area (Å²) in [5.74, 6) is 1.58.